The van der Waals surface area contributed by atoms with E-state index in [1.54, 1.807) is 6.26 Å². The van der Waals surface area contributed by atoms with Crippen molar-refractivity contribution in [3.8, 4) is 0 Å². The Balaban J connectivity index is 2.26. The average molecular weight is 204 g/mol. The predicted octanol–water partition coefficient (Wildman–Crippen LogP) is 1.70. The molecule has 0 amide bonds. The Morgan fingerprint density at radius 3 is 2.77 bits per heavy atom. The molecule has 78 valence electrons. The molecule has 0 bridgehead atoms. The minimum Gasteiger partial charge on any atom is -0.393 e. The highest BCUT2D eigenvalue weighted by molar-refractivity contribution is 7.84. The van der Waals surface area contributed by atoms with Crippen LogP contribution in [0.1, 0.15) is 38.5 Å². The van der Waals surface area contributed by atoms with Crippen molar-refractivity contribution >= 4 is 10.8 Å². The molecule has 0 aromatic heterocycles. The Bertz CT molecular complexity index is 170. The zero-order valence-electron chi connectivity index (χ0n) is 8.37. The molecule has 1 saturated carbocycles. The van der Waals surface area contributed by atoms with Crippen LogP contribution in [-0.4, -0.2) is 27.4 Å². The Hall–Kier alpha value is 0.110. The minimum absolute atomic E-state index is 0.0993. The van der Waals surface area contributed by atoms with E-state index in [0.717, 1.165) is 31.4 Å². The third kappa shape index (κ3) is 4.77. The van der Waals surface area contributed by atoms with Gasteiger partial charge in [0, 0.05) is 22.8 Å². The number of hydrogen-bond donors (Lipinski definition) is 1. The van der Waals surface area contributed by atoms with Crippen LogP contribution in [0.2, 0.25) is 0 Å². The van der Waals surface area contributed by atoms with Crippen molar-refractivity contribution in [2.45, 2.75) is 44.6 Å². The number of aliphatic hydroxyl groups is 1. The van der Waals surface area contributed by atoms with Crippen LogP contribution in [-0.2, 0) is 10.8 Å². The van der Waals surface area contributed by atoms with Crippen molar-refractivity contribution in [1.29, 1.82) is 0 Å². The van der Waals surface area contributed by atoms with Gasteiger partial charge in [0.05, 0.1) is 6.10 Å². The second-order valence-corrected chi connectivity index (χ2v) is 5.66. The summed E-state index contributed by atoms with van der Waals surface area (Å²) in [5.41, 5.74) is 0. The van der Waals surface area contributed by atoms with E-state index in [1.165, 1.54) is 12.8 Å². The van der Waals surface area contributed by atoms with Gasteiger partial charge in [-0.3, -0.25) is 4.21 Å². The van der Waals surface area contributed by atoms with Crippen molar-refractivity contribution in [3.05, 3.63) is 0 Å². The van der Waals surface area contributed by atoms with E-state index < -0.39 is 10.8 Å². The Labute approximate surface area is 83.2 Å². The summed E-state index contributed by atoms with van der Waals surface area (Å²) in [6.45, 7) is 0. The molecule has 3 unspecified atom stereocenters. The first kappa shape index (κ1) is 11.2. The van der Waals surface area contributed by atoms with Crippen LogP contribution < -0.4 is 0 Å². The maximum Gasteiger partial charge on any atom is 0.0542 e. The smallest absolute Gasteiger partial charge is 0.0542 e. The predicted molar refractivity (Wildman–Crippen MR) is 56.1 cm³/mol. The summed E-state index contributed by atoms with van der Waals surface area (Å²) in [4.78, 5) is 0. The van der Waals surface area contributed by atoms with Crippen LogP contribution in [0.5, 0.6) is 0 Å². The maximum atomic E-state index is 10.9. The highest BCUT2D eigenvalue weighted by Crippen LogP contribution is 2.25. The first-order chi connectivity index (χ1) is 6.18. The lowest BCUT2D eigenvalue weighted by Crippen LogP contribution is -2.12. The Morgan fingerprint density at radius 2 is 2.08 bits per heavy atom. The van der Waals surface area contributed by atoms with Crippen molar-refractivity contribution in [1.82, 2.24) is 0 Å². The van der Waals surface area contributed by atoms with E-state index in [4.69, 9.17) is 0 Å². The average Bonchev–Trinajstić information content (AvgIpc) is 2.26. The minimum atomic E-state index is -0.666. The van der Waals surface area contributed by atoms with Crippen LogP contribution in [0.3, 0.4) is 0 Å². The summed E-state index contributed by atoms with van der Waals surface area (Å²) in [6, 6.07) is 0. The molecule has 0 aromatic carbocycles. The topological polar surface area (TPSA) is 37.3 Å². The molecule has 0 heterocycles. The molecule has 2 nitrogen and oxygen atoms in total. The second-order valence-electron chi connectivity index (χ2n) is 4.11. The monoisotopic (exact) mass is 204 g/mol. The van der Waals surface area contributed by atoms with Gasteiger partial charge in [0.15, 0.2) is 0 Å². The maximum absolute atomic E-state index is 10.9. The number of aliphatic hydroxyl groups excluding tert-OH is 1. The Kier molecular flexibility index (Phi) is 4.96. The van der Waals surface area contributed by atoms with Gasteiger partial charge in [0.25, 0.3) is 0 Å². The molecule has 1 aliphatic rings. The summed E-state index contributed by atoms with van der Waals surface area (Å²) in [6.07, 6.45) is 8.19. The summed E-state index contributed by atoms with van der Waals surface area (Å²) in [5.74, 6) is 1.42. The van der Waals surface area contributed by atoms with Crippen molar-refractivity contribution in [3.63, 3.8) is 0 Å². The van der Waals surface area contributed by atoms with Gasteiger partial charge in [-0.15, -0.1) is 0 Å². The molecule has 3 atom stereocenters. The second kappa shape index (κ2) is 5.76. The molecule has 1 N–H and O–H groups in total. The molecule has 1 aliphatic carbocycles. The van der Waals surface area contributed by atoms with Gasteiger partial charge in [-0.05, 0) is 25.2 Å². The van der Waals surface area contributed by atoms with Gasteiger partial charge in [0.1, 0.15) is 0 Å². The molecule has 0 radical (unpaired) electrons. The lowest BCUT2D eigenvalue weighted by atomic mass is 9.97. The third-order valence-electron chi connectivity index (χ3n) is 2.82. The first-order valence-corrected chi connectivity index (χ1v) is 6.89. The van der Waals surface area contributed by atoms with Gasteiger partial charge < -0.3 is 5.11 Å². The quantitative estimate of drug-likeness (QED) is 0.710. The molecule has 0 saturated heterocycles. The zero-order chi connectivity index (χ0) is 9.68. The van der Waals surface area contributed by atoms with Gasteiger partial charge in [-0.25, -0.2) is 0 Å². The molecule has 3 heteroatoms. The summed E-state index contributed by atoms with van der Waals surface area (Å²) < 4.78 is 10.9. The van der Waals surface area contributed by atoms with Gasteiger partial charge in [-0.1, -0.05) is 19.3 Å². The lowest BCUT2D eigenvalue weighted by Gasteiger charge is -2.15. The van der Waals surface area contributed by atoms with Crippen LogP contribution in [0, 0.1) is 5.92 Å². The van der Waals surface area contributed by atoms with E-state index >= 15 is 0 Å². The van der Waals surface area contributed by atoms with E-state index in [2.05, 4.69) is 0 Å². The zero-order valence-corrected chi connectivity index (χ0v) is 9.18. The normalized spacial score (nSPS) is 32.5. The van der Waals surface area contributed by atoms with Crippen molar-refractivity contribution < 1.29 is 9.32 Å². The molecule has 0 spiro atoms. The van der Waals surface area contributed by atoms with E-state index in [9.17, 15) is 9.32 Å². The Morgan fingerprint density at radius 1 is 1.38 bits per heavy atom. The number of hydrogen-bond acceptors (Lipinski definition) is 2. The molecule has 0 aliphatic heterocycles. The fourth-order valence-corrected chi connectivity index (χ4v) is 2.69. The van der Waals surface area contributed by atoms with E-state index in [-0.39, 0.29) is 6.10 Å². The molecule has 1 rings (SSSR count). The highest BCUT2D eigenvalue weighted by atomic mass is 32.2. The molecule has 13 heavy (non-hydrogen) atoms. The van der Waals surface area contributed by atoms with Crippen molar-refractivity contribution in [2.24, 2.45) is 5.92 Å². The van der Waals surface area contributed by atoms with Crippen LogP contribution in [0.15, 0.2) is 0 Å². The largest absolute Gasteiger partial charge is 0.393 e. The summed E-state index contributed by atoms with van der Waals surface area (Å²) >= 11 is 0. The molecular weight excluding hydrogens is 184 g/mol. The van der Waals surface area contributed by atoms with Crippen LogP contribution >= 0.6 is 0 Å². The molecule has 1 fully saturated rings. The van der Waals surface area contributed by atoms with Crippen LogP contribution in [0.25, 0.3) is 0 Å². The number of rotatable bonds is 3. The van der Waals surface area contributed by atoms with Crippen molar-refractivity contribution in [2.75, 3.05) is 12.0 Å². The van der Waals surface area contributed by atoms with E-state index in [1.807, 2.05) is 0 Å². The third-order valence-corrected chi connectivity index (χ3v) is 3.63. The molecular formula is C10H20O2S. The fraction of sp³-hybridized carbons (Fsp3) is 1.00. The van der Waals surface area contributed by atoms with Gasteiger partial charge in [0.2, 0.25) is 0 Å². The van der Waals surface area contributed by atoms with Crippen LogP contribution in [0.4, 0.5) is 0 Å². The fourth-order valence-electron chi connectivity index (χ4n) is 2.03. The first-order valence-electron chi connectivity index (χ1n) is 5.16. The standard InChI is InChI=1S/C10H20O2S/c1-13(12)7-6-9-4-2-3-5-10(11)8-9/h9-11H,2-8H2,1H3. The van der Waals surface area contributed by atoms with Gasteiger partial charge in [-0.2, -0.15) is 0 Å². The summed E-state index contributed by atoms with van der Waals surface area (Å²) in [5, 5.41) is 9.55. The SMILES string of the molecule is CS(=O)CCC1CCCCC(O)C1. The lowest BCUT2D eigenvalue weighted by molar-refractivity contribution is 0.140. The highest BCUT2D eigenvalue weighted by Gasteiger charge is 2.18. The van der Waals surface area contributed by atoms with Gasteiger partial charge >= 0.3 is 0 Å². The molecule has 0 aromatic rings. The van der Waals surface area contributed by atoms with E-state index in [0.29, 0.717) is 5.92 Å². The summed E-state index contributed by atoms with van der Waals surface area (Å²) in [7, 11) is -0.666.